The van der Waals surface area contributed by atoms with E-state index in [4.69, 9.17) is 11.6 Å². The average molecular weight is 910 g/mol. The molecular weight excluding hydrogens is 878 g/mol. The molecule has 57 heavy (non-hydrogen) atoms. The Labute approximate surface area is 346 Å². The molecule has 0 saturated heterocycles. The molecule has 0 aliphatic carbocycles. The third-order valence-corrected chi connectivity index (χ3v) is 10.3. The molecule has 0 bridgehead atoms. The Kier molecular flexibility index (Phi) is 9.56. The zero-order chi connectivity index (χ0) is 37.4. The van der Waals surface area contributed by atoms with Gasteiger partial charge in [0.05, 0.1) is 6.57 Å². The molecule has 0 saturated carbocycles. The van der Waals surface area contributed by atoms with Crippen LogP contribution in [0.2, 0.25) is 0 Å². The van der Waals surface area contributed by atoms with Crippen molar-refractivity contribution in [3.8, 4) is 5.82 Å². The van der Waals surface area contributed by atoms with Crippen molar-refractivity contribution in [3.63, 3.8) is 0 Å². The predicted octanol–water partition coefficient (Wildman–Crippen LogP) is 12.7. The van der Waals surface area contributed by atoms with E-state index in [1.165, 1.54) is 0 Å². The van der Waals surface area contributed by atoms with Crippen molar-refractivity contribution in [1.29, 1.82) is 0 Å². The second-order valence-electron chi connectivity index (χ2n) is 13.6. The van der Waals surface area contributed by atoms with E-state index in [9.17, 15) is 0 Å². The van der Waals surface area contributed by atoms with Gasteiger partial charge in [-0.1, -0.05) is 126 Å². The molecule has 0 radical (unpaired) electrons. The van der Waals surface area contributed by atoms with Crippen LogP contribution in [0.25, 0.3) is 43.6 Å². The van der Waals surface area contributed by atoms with Crippen molar-refractivity contribution in [2.75, 3.05) is 9.80 Å². The summed E-state index contributed by atoms with van der Waals surface area (Å²) in [5, 5.41) is 2.21. The van der Waals surface area contributed by atoms with Crippen molar-refractivity contribution in [2.24, 2.45) is 0 Å². The first-order valence-corrected chi connectivity index (χ1v) is 18.5. The smallest absolute Gasteiger partial charge is 0.136 e. The summed E-state index contributed by atoms with van der Waals surface area (Å²) in [5.74, 6) is 0.819. The van der Waals surface area contributed by atoms with Gasteiger partial charge < -0.3 is 14.4 Å². The molecular formula is C51H32N5Pt-3. The number of para-hydroxylation sites is 4. The first-order chi connectivity index (χ1) is 27.7. The maximum Gasteiger partial charge on any atom is 0.136 e. The number of hydrogen-bond donors (Lipinski definition) is 0. The summed E-state index contributed by atoms with van der Waals surface area (Å²) >= 11 is 0. The summed E-state index contributed by atoms with van der Waals surface area (Å²) in [6, 6.07) is 70.0. The summed E-state index contributed by atoms with van der Waals surface area (Å²) in [4.78, 5) is 13.1. The summed E-state index contributed by atoms with van der Waals surface area (Å²) in [5.41, 5.74) is 12.0. The van der Waals surface area contributed by atoms with E-state index in [2.05, 4.69) is 153 Å². The molecule has 0 fully saturated rings. The average Bonchev–Trinajstić information content (AvgIpc) is 3.83. The molecule has 274 valence electrons. The zero-order valence-electron chi connectivity index (χ0n) is 30.5. The number of fused-ring (bicyclic) bond motifs is 4. The second-order valence-corrected chi connectivity index (χ2v) is 13.6. The summed E-state index contributed by atoms with van der Waals surface area (Å²) in [7, 11) is 0. The molecule has 7 aromatic carbocycles. The van der Waals surface area contributed by atoms with Crippen LogP contribution >= 0.6 is 0 Å². The van der Waals surface area contributed by atoms with Crippen LogP contribution in [-0.2, 0) is 21.1 Å². The minimum Gasteiger partial charge on any atom is -0.489 e. The number of anilines is 4. The quantitative estimate of drug-likeness (QED) is 0.118. The Hall–Kier alpha value is -6.99. The van der Waals surface area contributed by atoms with Gasteiger partial charge in [-0.15, -0.1) is 54.2 Å². The van der Waals surface area contributed by atoms with Crippen molar-refractivity contribution in [1.82, 2.24) is 9.55 Å². The van der Waals surface area contributed by atoms with E-state index in [0.29, 0.717) is 5.69 Å². The Morgan fingerprint density at radius 1 is 0.561 bits per heavy atom. The SMILES string of the molecule is [C-]#[N+]c1cc(C(=C(c2ccccc2)c2ccccc2)c2[c-]c3c(cc2)c2ccccc2n3-c2ccccn2)[c-]c(N2[CH-]N(c3ccccc3)c3ccccc32)c1.[Pt]. The predicted molar refractivity (Wildman–Crippen MR) is 228 cm³/mol. The Balaban J connectivity index is 0.00000422. The van der Waals surface area contributed by atoms with E-state index < -0.39 is 0 Å². The van der Waals surface area contributed by atoms with Crippen LogP contribution in [0.4, 0.5) is 28.4 Å². The molecule has 5 nitrogen and oxygen atoms in total. The third kappa shape index (κ3) is 6.41. The van der Waals surface area contributed by atoms with E-state index in [-0.39, 0.29) is 21.1 Å². The molecule has 1 aliphatic rings. The number of pyridine rings is 1. The molecule has 0 N–H and O–H groups in total. The van der Waals surface area contributed by atoms with Crippen LogP contribution < -0.4 is 9.80 Å². The maximum atomic E-state index is 8.34. The van der Waals surface area contributed by atoms with Gasteiger partial charge >= 0.3 is 0 Å². The van der Waals surface area contributed by atoms with Gasteiger partial charge in [-0.3, -0.25) is 4.85 Å². The van der Waals surface area contributed by atoms with Gasteiger partial charge in [0.1, 0.15) is 11.5 Å². The molecule has 10 rings (SSSR count). The molecule has 2 aromatic heterocycles. The minimum atomic E-state index is 0. The van der Waals surface area contributed by atoms with E-state index >= 15 is 0 Å². The zero-order valence-corrected chi connectivity index (χ0v) is 32.8. The van der Waals surface area contributed by atoms with Crippen LogP contribution in [0.3, 0.4) is 0 Å². The van der Waals surface area contributed by atoms with Crippen LogP contribution in [-0.4, -0.2) is 9.55 Å². The fourth-order valence-corrected chi connectivity index (χ4v) is 7.81. The minimum absolute atomic E-state index is 0. The first-order valence-electron chi connectivity index (χ1n) is 18.5. The maximum absolute atomic E-state index is 8.34. The van der Waals surface area contributed by atoms with E-state index in [1.54, 1.807) is 0 Å². The van der Waals surface area contributed by atoms with Gasteiger partial charge in [-0.2, -0.15) is 5.56 Å². The van der Waals surface area contributed by atoms with Crippen LogP contribution in [0.1, 0.15) is 22.3 Å². The number of benzene rings is 7. The fourth-order valence-electron chi connectivity index (χ4n) is 7.81. The molecule has 0 spiro atoms. The second kappa shape index (κ2) is 15.3. The number of nitrogens with zero attached hydrogens (tertiary/aromatic N) is 5. The largest absolute Gasteiger partial charge is 0.489 e. The van der Waals surface area contributed by atoms with Crippen LogP contribution in [0, 0.1) is 25.4 Å². The van der Waals surface area contributed by atoms with Gasteiger partial charge in [0.15, 0.2) is 0 Å². The fraction of sp³-hybridized carbons (Fsp3) is 0. The summed E-state index contributed by atoms with van der Waals surface area (Å²) in [6.07, 6.45) is 1.83. The molecule has 9 aromatic rings. The van der Waals surface area contributed by atoms with Gasteiger partial charge in [-0.05, 0) is 70.1 Å². The van der Waals surface area contributed by atoms with Gasteiger partial charge in [0.25, 0.3) is 0 Å². The topological polar surface area (TPSA) is 28.7 Å². The number of hydrogen-bond acceptors (Lipinski definition) is 3. The molecule has 1 aliphatic heterocycles. The van der Waals surface area contributed by atoms with Crippen molar-refractivity contribution in [3.05, 3.63) is 241 Å². The summed E-state index contributed by atoms with van der Waals surface area (Å²) in [6.45, 7) is 10.4. The summed E-state index contributed by atoms with van der Waals surface area (Å²) < 4.78 is 2.19. The van der Waals surface area contributed by atoms with E-state index in [0.717, 1.165) is 83.8 Å². The van der Waals surface area contributed by atoms with Crippen LogP contribution in [0.15, 0.2) is 188 Å². The van der Waals surface area contributed by atoms with Crippen molar-refractivity contribution >= 4 is 61.4 Å². The standard InChI is InChI=1S/C51H32N5.Pt/c1-52-40-31-39(32-42(34-40)55-35-54(41-21-9-4-10-22-41)46-25-13-14-26-47(46)55)51(50(36-17-5-2-6-18-36)37-19-7-3-8-20-37)38-28-29-44-43-23-11-12-24-45(43)56(48(44)33-38)49-27-15-16-30-53-49;/h2-31,34-35H;/q-3;. The molecule has 0 atom stereocenters. The number of rotatable bonds is 7. The first kappa shape index (κ1) is 35.7. The molecule has 0 amide bonds. The monoisotopic (exact) mass is 909 g/mol. The Morgan fingerprint density at radius 3 is 1.88 bits per heavy atom. The van der Waals surface area contributed by atoms with E-state index in [1.807, 2.05) is 72.9 Å². The molecule has 6 heteroatoms. The van der Waals surface area contributed by atoms with Gasteiger partial charge in [0, 0.05) is 49.8 Å². The Bertz CT molecular complexity index is 2910. The normalized spacial score (nSPS) is 11.9. The Morgan fingerprint density at radius 2 is 1.19 bits per heavy atom. The molecule has 3 heterocycles. The van der Waals surface area contributed by atoms with Crippen molar-refractivity contribution < 1.29 is 21.1 Å². The van der Waals surface area contributed by atoms with Gasteiger partial charge in [-0.25, -0.2) is 4.98 Å². The third-order valence-electron chi connectivity index (χ3n) is 10.3. The van der Waals surface area contributed by atoms with Gasteiger partial charge in [0.2, 0.25) is 0 Å². The number of aromatic nitrogens is 2. The van der Waals surface area contributed by atoms with Crippen LogP contribution in [0.5, 0.6) is 0 Å². The van der Waals surface area contributed by atoms with Crippen molar-refractivity contribution in [2.45, 2.75) is 0 Å². The molecule has 0 unspecified atom stereocenters.